The van der Waals surface area contributed by atoms with Crippen LogP contribution in [0.4, 0.5) is 0 Å². The van der Waals surface area contributed by atoms with E-state index in [1.165, 1.54) is 0 Å². The van der Waals surface area contributed by atoms with Crippen LogP contribution < -0.4 is 0 Å². The van der Waals surface area contributed by atoms with E-state index in [4.69, 9.17) is 14.2 Å². The Hall–Kier alpha value is -4.71. The van der Waals surface area contributed by atoms with Gasteiger partial charge in [-0.25, -0.2) is 0 Å². The average Bonchev–Trinajstić information content (AvgIpc) is 3.22. The molecule has 0 saturated heterocycles. The molecule has 0 N–H and O–H groups in total. The molecule has 0 aromatic carbocycles. The minimum Gasteiger partial charge on any atom is -0.462 e. The number of unbranched alkanes of at least 4 members (excludes halogenated alkanes) is 7. The predicted molar refractivity (Wildman–Crippen MR) is 246 cm³/mol. The molecule has 0 amide bonds. The van der Waals surface area contributed by atoms with Crippen LogP contribution in [0.5, 0.6) is 0 Å². The maximum atomic E-state index is 12.7. The number of hydrogen-bond donors (Lipinski definition) is 0. The minimum atomic E-state index is -0.834. The molecule has 6 heteroatoms. The first-order valence-corrected chi connectivity index (χ1v) is 21.9. The Morgan fingerprint density at radius 3 is 1.17 bits per heavy atom. The van der Waals surface area contributed by atoms with E-state index >= 15 is 0 Å². The van der Waals surface area contributed by atoms with Crippen LogP contribution in [-0.2, 0) is 28.6 Å². The molecule has 0 radical (unpaired) electrons. The molecule has 0 aliphatic carbocycles. The third-order valence-electron chi connectivity index (χ3n) is 8.26. The molecule has 0 bridgehead atoms. The quantitative estimate of drug-likeness (QED) is 0.0207. The Labute approximate surface area is 353 Å². The highest BCUT2D eigenvalue weighted by Crippen LogP contribution is 2.10. The van der Waals surface area contributed by atoms with Gasteiger partial charge in [-0.3, -0.25) is 14.4 Å². The van der Waals surface area contributed by atoms with Crippen LogP contribution >= 0.6 is 0 Å². The molecule has 320 valence electrons. The number of esters is 3. The Balaban J connectivity index is 4.57. The van der Waals surface area contributed by atoms with Crippen molar-refractivity contribution < 1.29 is 28.6 Å². The summed E-state index contributed by atoms with van der Waals surface area (Å²) < 4.78 is 16.5. The van der Waals surface area contributed by atoms with E-state index in [0.717, 1.165) is 83.5 Å². The number of allylic oxidation sites excluding steroid dienone is 24. The summed E-state index contributed by atoms with van der Waals surface area (Å²) in [6.45, 7) is 6.09. The third kappa shape index (κ3) is 42.4. The van der Waals surface area contributed by atoms with Gasteiger partial charge in [0, 0.05) is 19.3 Å². The monoisotopic (exact) mass is 797 g/mol. The molecule has 0 aromatic heterocycles. The van der Waals surface area contributed by atoms with Crippen molar-refractivity contribution in [3.8, 4) is 0 Å². The molecule has 0 aliphatic heterocycles. The van der Waals surface area contributed by atoms with E-state index in [9.17, 15) is 14.4 Å². The predicted octanol–water partition coefficient (Wildman–Crippen LogP) is 14.1. The Bertz CT molecular complexity index is 1380. The summed E-state index contributed by atoms with van der Waals surface area (Å²) in [4.78, 5) is 37.6. The van der Waals surface area contributed by atoms with E-state index in [2.05, 4.69) is 93.7 Å². The number of carbonyl (C=O) groups is 3. The van der Waals surface area contributed by atoms with Crippen molar-refractivity contribution in [3.05, 3.63) is 146 Å². The van der Waals surface area contributed by atoms with Crippen LogP contribution in [0, 0.1) is 0 Å². The summed E-state index contributed by atoms with van der Waals surface area (Å²) in [5.41, 5.74) is 0. The van der Waals surface area contributed by atoms with Gasteiger partial charge in [0.1, 0.15) is 13.2 Å². The van der Waals surface area contributed by atoms with Crippen LogP contribution in [0.25, 0.3) is 0 Å². The first kappa shape index (κ1) is 53.3. The highest BCUT2D eigenvalue weighted by Gasteiger charge is 2.19. The fraction of sp³-hybridized carbons (Fsp3) is 0.481. The van der Waals surface area contributed by atoms with Crippen LogP contribution in [0.3, 0.4) is 0 Å². The fourth-order valence-electron chi connectivity index (χ4n) is 5.06. The van der Waals surface area contributed by atoms with Gasteiger partial charge >= 0.3 is 17.9 Å². The van der Waals surface area contributed by atoms with Crippen molar-refractivity contribution in [1.29, 1.82) is 0 Å². The smallest absolute Gasteiger partial charge is 0.306 e. The summed E-state index contributed by atoms with van der Waals surface area (Å²) in [6, 6.07) is 0. The second-order valence-electron chi connectivity index (χ2n) is 13.6. The van der Waals surface area contributed by atoms with Gasteiger partial charge in [-0.15, -0.1) is 0 Å². The van der Waals surface area contributed by atoms with Crippen molar-refractivity contribution in [3.63, 3.8) is 0 Å². The van der Waals surface area contributed by atoms with Crippen LogP contribution in [0.1, 0.15) is 143 Å². The largest absolute Gasteiger partial charge is 0.462 e. The Kier molecular flexibility index (Phi) is 41.3. The van der Waals surface area contributed by atoms with Gasteiger partial charge in [-0.1, -0.05) is 173 Å². The van der Waals surface area contributed by atoms with E-state index in [1.54, 1.807) is 0 Å². The number of rotatable bonds is 36. The van der Waals surface area contributed by atoms with Crippen molar-refractivity contribution in [1.82, 2.24) is 0 Å². The Morgan fingerprint density at radius 1 is 0.362 bits per heavy atom. The Morgan fingerprint density at radius 2 is 0.707 bits per heavy atom. The van der Waals surface area contributed by atoms with Gasteiger partial charge in [0.15, 0.2) is 6.10 Å². The van der Waals surface area contributed by atoms with Crippen LogP contribution in [-0.4, -0.2) is 37.2 Å². The zero-order valence-corrected chi connectivity index (χ0v) is 36.2. The normalized spacial score (nSPS) is 13.5. The number of hydrogen-bond acceptors (Lipinski definition) is 6. The molecule has 0 aromatic rings. The van der Waals surface area contributed by atoms with Crippen LogP contribution in [0.15, 0.2) is 146 Å². The molecule has 0 spiro atoms. The van der Waals surface area contributed by atoms with Crippen molar-refractivity contribution in [2.24, 2.45) is 0 Å². The molecule has 6 nitrogen and oxygen atoms in total. The van der Waals surface area contributed by atoms with Gasteiger partial charge in [-0.2, -0.15) is 0 Å². The molecule has 0 saturated carbocycles. The van der Waals surface area contributed by atoms with Crippen molar-refractivity contribution in [2.75, 3.05) is 13.2 Å². The first-order chi connectivity index (χ1) is 28.5. The molecule has 0 rings (SSSR count). The lowest BCUT2D eigenvalue weighted by Crippen LogP contribution is -2.30. The average molecular weight is 797 g/mol. The van der Waals surface area contributed by atoms with Crippen molar-refractivity contribution in [2.45, 2.75) is 149 Å². The topological polar surface area (TPSA) is 78.9 Å². The highest BCUT2D eigenvalue weighted by atomic mass is 16.6. The van der Waals surface area contributed by atoms with Gasteiger partial charge in [-0.05, 0) is 96.3 Å². The van der Waals surface area contributed by atoms with Crippen molar-refractivity contribution >= 4 is 17.9 Å². The van der Waals surface area contributed by atoms with Gasteiger partial charge < -0.3 is 14.2 Å². The second-order valence-corrected chi connectivity index (χ2v) is 13.6. The second kappa shape index (κ2) is 45.0. The van der Waals surface area contributed by atoms with E-state index in [1.807, 2.05) is 72.9 Å². The summed E-state index contributed by atoms with van der Waals surface area (Å²) in [6.07, 6.45) is 64.1. The van der Waals surface area contributed by atoms with Crippen LogP contribution in [0.2, 0.25) is 0 Å². The molecule has 0 heterocycles. The zero-order chi connectivity index (χ0) is 42.3. The summed E-state index contributed by atoms with van der Waals surface area (Å²) in [5.74, 6) is -1.07. The summed E-state index contributed by atoms with van der Waals surface area (Å²) in [7, 11) is 0. The highest BCUT2D eigenvalue weighted by molar-refractivity contribution is 5.71. The van der Waals surface area contributed by atoms with Gasteiger partial charge in [0.2, 0.25) is 0 Å². The van der Waals surface area contributed by atoms with Gasteiger partial charge in [0.25, 0.3) is 0 Å². The maximum absolute atomic E-state index is 12.7. The fourth-order valence-corrected chi connectivity index (χ4v) is 5.06. The SMILES string of the molecule is CC\C=C/C=C\C=C/C=C\C=C\C=C/C=C\CCCCCC(=O)OCC(COC(=O)CCCC/C=C\C/C=C\CC)OC(=O)CCCC/C=C\C/C=C\C/C=C\CC. The molecular formula is C52H76O6. The number of ether oxygens (including phenoxy) is 3. The van der Waals surface area contributed by atoms with Gasteiger partial charge in [0.05, 0.1) is 0 Å². The molecule has 0 aliphatic rings. The lowest BCUT2D eigenvalue weighted by atomic mass is 10.1. The number of carbonyl (C=O) groups excluding carboxylic acids is 3. The molecule has 1 unspecified atom stereocenters. The summed E-state index contributed by atoms with van der Waals surface area (Å²) >= 11 is 0. The maximum Gasteiger partial charge on any atom is 0.306 e. The summed E-state index contributed by atoms with van der Waals surface area (Å²) in [5, 5.41) is 0. The van der Waals surface area contributed by atoms with E-state index < -0.39 is 6.10 Å². The first-order valence-electron chi connectivity index (χ1n) is 21.9. The third-order valence-corrected chi connectivity index (χ3v) is 8.26. The molecule has 58 heavy (non-hydrogen) atoms. The standard InChI is InChI=1S/C52H76O6/c1-4-7-10-13-16-19-21-23-24-25-26-27-28-29-31-33-36-39-42-45-51(54)57-48-49(47-56-50(53)44-41-38-35-32-18-15-12-9-6-3)58-52(55)46-43-40-37-34-30-22-20-17-14-11-8-5-2/h7-13,16-21,23-32,34,49H,4-6,14-15,22,33,35-48H2,1-3H3/b10-7-,11-8-,12-9-,16-13-,20-17-,21-19-,24-23-,26-25+,28-27-,31-29-,32-18-,34-30-. The minimum absolute atomic E-state index is 0.133. The van der Waals surface area contributed by atoms with E-state index in [-0.39, 0.29) is 50.4 Å². The molecular weight excluding hydrogens is 721 g/mol. The molecule has 1 atom stereocenters. The lowest BCUT2D eigenvalue weighted by molar-refractivity contribution is -0.167. The zero-order valence-electron chi connectivity index (χ0n) is 36.2. The lowest BCUT2D eigenvalue weighted by Gasteiger charge is -2.18. The van der Waals surface area contributed by atoms with E-state index in [0.29, 0.717) is 19.3 Å². The molecule has 0 fully saturated rings.